The molecule has 32 heavy (non-hydrogen) atoms. The monoisotopic (exact) mass is 437 g/mol. The zero-order valence-corrected chi connectivity index (χ0v) is 17.8. The standard InChI is InChI=1S/C24H24FN3O4/c1-3-12(2)28-21(30)19-18(10-13-4-7-15(29)8-5-13)27-24(20(19)22(28)31)16-11-14(25)6-9-17(16)26-23(24)32/h4-9,11-12,18-20,27,29H,3,10H2,1-2H3,(H,26,32). The molecule has 5 unspecified atom stereocenters. The van der Waals surface area contributed by atoms with Gasteiger partial charge in [0.15, 0.2) is 0 Å². The fraction of sp³-hybridized carbons (Fsp3) is 0.375. The minimum Gasteiger partial charge on any atom is -0.508 e. The molecule has 1 spiro atoms. The molecule has 3 aliphatic heterocycles. The lowest BCUT2D eigenvalue weighted by atomic mass is 9.76. The molecular weight excluding hydrogens is 413 g/mol. The number of carbonyl (C=O) groups excluding carboxylic acids is 3. The van der Waals surface area contributed by atoms with Crippen molar-refractivity contribution in [1.82, 2.24) is 10.2 Å². The van der Waals surface area contributed by atoms with Gasteiger partial charge >= 0.3 is 0 Å². The molecular formula is C24H24FN3O4. The van der Waals surface area contributed by atoms with E-state index in [9.17, 15) is 23.9 Å². The van der Waals surface area contributed by atoms with Crippen LogP contribution in [-0.4, -0.2) is 39.8 Å². The maximum absolute atomic E-state index is 14.2. The van der Waals surface area contributed by atoms with Gasteiger partial charge in [-0.1, -0.05) is 19.1 Å². The topological polar surface area (TPSA) is 98.7 Å². The molecule has 3 heterocycles. The van der Waals surface area contributed by atoms with Gasteiger partial charge in [-0.15, -0.1) is 0 Å². The van der Waals surface area contributed by atoms with E-state index < -0.39 is 41.0 Å². The molecule has 2 fully saturated rings. The average Bonchev–Trinajstić information content (AvgIpc) is 3.34. The molecule has 7 nitrogen and oxygen atoms in total. The molecule has 0 bridgehead atoms. The molecule has 0 aliphatic carbocycles. The molecule has 0 aromatic heterocycles. The van der Waals surface area contributed by atoms with Crippen LogP contribution in [0, 0.1) is 17.7 Å². The van der Waals surface area contributed by atoms with E-state index in [0.717, 1.165) is 5.56 Å². The first-order valence-electron chi connectivity index (χ1n) is 10.8. The van der Waals surface area contributed by atoms with Crippen molar-refractivity contribution < 1.29 is 23.9 Å². The number of benzene rings is 2. The number of aromatic hydroxyl groups is 1. The van der Waals surface area contributed by atoms with Crippen LogP contribution < -0.4 is 10.6 Å². The molecule has 3 N–H and O–H groups in total. The van der Waals surface area contributed by atoms with Gasteiger partial charge in [0, 0.05) is 23.3 Å². The number of phenolic OH excluding ortho intramolecular Hbond substituents is 1. The van der Waals surface area contributed by atoms with E-state index in [0.29, 0.717) is 24.1 Å². The van der Waals surface area contributed by atoms with Gasteiger partial charge in [-0.3, -0.25) is 24.6 Å². The summed E-state index contributed by atoms with van der Waals surface area (Å²) in [6, 6.07) is 9.78. The average molecular weight is 437 g/mol. The zero-order chi connectivity index (χ0) is 22.8. The Balaban J connectivity index is 1.64. The van der Waals surface area contributed by atoms with E-state index in [-0.39, 0.29) is 17.7 Å². The summed E-state index contributed by atoms with van der Waals surface area (Å²) < 4.78 is 14.2. The number of nitrogens with zero attached hydrogens (tertiary/aromatic N) is 1. The molecule has 2 aromatic carbocycles. The third-order valence-corrected chi connectivity index (χ3v) is 7.13. The van der Waals surface area contributed by atoms with Crippen molar-refractivity contribution in [2.75, 3.05) is 5.32 Å². The van der Waals surface area contributed by atoms with Crippen molar-refractivity contribution in [3.05, 3.63) is 59.4 Å². The molecule has 3 aliphatic rings. The Hall–Kier alpha value is -3.26. The third-order valence-electron chi connectivity index (χ3n) is 7.13. The highest BCUT2D eigenvalue weighted by Gasteiger charge is 2.70. The van der Waals surface area contributed by atoms with Crippen molar-refractivity contribution in [1.29, 1.82) is 0 Å². The number of phenols is 1. The van der Waals surface area contributed by atoms with Crippen molar-refractivity contribution in [2.24, 2.45) is 11.8 Å². The number of imide groups is 1. The number of halogens is 1. The number of hydrogen-bond acceptors (Lipinski definition) is 5. The highest BCUT2D eigenvalue weighted by atomic mass is 19.1. The Morgan fingerprint density at radius 1 is 1.12 bits per heavy atom. The highest BCUT2D eigenvalue weighted by molar-refractivity contribution is 6.15. The van der Waals surface area contributed by atoms with Gasteiger partial charge in [0.1, 0.15) is 17.1 Å². The maximum atomic E-state index is 14.2. The van der Waals surface area contributed by atoms with Gasteiger partial charge in [0.05, 0.1) is 11.8 Å². The van der Waals surface area contributed by atoms with Gasteiger partial charge < -0.3 is 10.4 Å². The summed E-state index contributed by atoms with van der Waals surface area (Å²) in [4.78, 5) is 41.7. The smallest absolute Gasteiger partial charge is 0.250 e. The van der Waals surface area contributed by atoms with Crippen molar-refractivity contribution in [2.45, 2.75) is 44.3 Å². The number of anilines is 1. The lowest BCUT2D eigenvalue weighted by Gasteiger charge is -2.31. The summed E-state index contributed by atoms with van der Waals surface area (Å²) in [5, 5.41) is 15.7. The summed E-state index contributed by atoms with van der Waals surface area (Å²) in [6.45, 7) is 3.71. The highest BCUT2D eigenvalue weighted by Crippen LogP contribution is 2.53. The van der Waals surface area contributed by atoms with Crippen LogP contribution in [0.25, 0.3) is 0 Å². The molecule has 5 atom stereocenters. The zero-order valence-electron chi connectivity index (χ0n) is 17.8. The molecule has 2 aromatic rings. The Bertz CT molecular complexity index is 1130. The molecule has 8 heteroatoms. The van der Waals surface area contributed by atoms with E-state index in [4.69, 9.17) is 0 Å². The van der Waals surface area contributed by atoms with Gasteiger partial charge in [-0.2, -0.15) is 0 Å². The summed E-state index contributed by atoms with van der Waals surface area (Å²) >= 11 is 0. The fourth-order valence-electron chi connectivity index (χ4n) is 5.47. The molecule has 166 valence electrons. The van der Waals surface area contributed by atoms with Crippen LogP contribution in [-0.2, 0) is 26.3 Å². The Morgan fingerprint density at radius 2 is 1.84 bits per heavy atom. The summed E-state index contributed by atoms with van der Waals surface area (Å²) in [5.41, 5.74) is 0.128. The number of nitrogens with one attached hydrogen (secondary N) is 2. The quantitative estimate of drug-likeness (QED) is 0.638. The number of fused-ring (bicyclic) bond motifs is 4. The van der Waals surface area contributed by atoms with Crippen molar-refractivity contribution in [3.8, 4) is 5.75 Å². The largest absolute Gasteiger partial charge is 0.508 e. The number of amides is 3. The van der Waals surface area contributed by atoms with Crippen LogP contribution in [0.15, 0.2) is 42.5 Å². The van der Waals surface area contributed by atoms with E-state index >= 15 is 0 Å². The third kappa shape index (κ3) is 2.72. The molecule has 0 saturated carbocycles. The number of rotatable bonds is 4. The van der Waals surface area contributed by atoms with Crippen LogP contribution in [0.1, 0.15) is 31.4 Å². The fourth-order valence-corrected chi connectivity index (χ4v) is 5.47. The number of likely N-dealkylation sites (tertiary alicyclic amines) is 1. The number of carbonyl (C=O) groups is 3. The second kappa shape index (κ2) is 7.13. The first-order valence-corrected chi connectivity index (χ1v) is 10.8. The van der Waals surface area contributed by atoms with Crippen LogP contribution in [0.4, 0.5) is 10.1 Å². The predicted molar refractivity (Wildman–Crippen MR) is 114 cm³/mol. The summed E-state index contributed by atoms with van der Waals surface area (Å²) in [6.07, 6.45) is 0.964. The van der Waals surface area contributed by atoms with Gasteiger partial charge in [-0.05, 0) is 55.7 Å². The van der Waals surface area contributed by atoms with Gasteiger partial charge in [0.2, 0.25) is 17.7 Å². The molecule has 3 amide bonds. The van der Waals surface area contributed by atoms with E-state index in [1.165, 1.54) is 23.1 Å². The molecule has 0 radical (unpaired) electrons. The minimum absolute atomic E-state index is 0.122. The Kier molecular flexibility index (Phi) is 4.60. The summed E-state index contributed by atoms with van der Waals surface area (Å²) in [7, 11) is 0. The van der Waals surface area contributed by atoms with Crippen LogP contribution in [0.3, 0.4) is 0 Å². The lowest BCUT2D eigenvalue weighted by Crippen LogP contribution is -2.54. The van der Waals surface area contributed by atoms with E-state index in [2.05, 4.69) is 10.6 Å². The first-order chi connectivity index (χ1) is 15.3. The maximum Gasteiger partial charge on any atom is 0.250 e. The molecule has 5 rings (SSSR count). The van der Waals surface area contributed by atoms with E-state index in [1.54, 1.807) is 24.3 Å². The normalized spacial score (nSPS) is 29.4. The minimum atomic E-state index is -1.52. The van der Waals surface area contributed by atoms with Crippen LogP contribution in [0.5, 0.6) is 5.75 Å². The first kappa shape index (κ1) is 20.6. The Morgan fingerprint density at radius 3 is 2.53 bits per heavy atom. The molecule has 2 saturated heterocycles. The SMILES string of the molecule is CCC(C)N1C(=O)C2C(Cc3ccc(O)cc3)NC3(C(=O)Nc4ccc(F)cc43)C2C1=O. The lowest BCUT2D eigenvalue weighted by molar-refractivity contribution is -0.145. The second-order valence-corrected chi connectivity index (χ2v) is 8.88. The van der Waals surface area contributed by atoms with Crippen LogP contribution >= 0.6 is 0 Å². The van der Waals surface area contributed by atoms with Gasteiger partial charge in [-0.25, -0.2) is 4.39 Å². The van der Waals surface area contributed by atoms with E-state index in [1.807, 2.05) is 13.8 Å². The predicted octanol–water partition coefficient (Wildman–Crippen LogP) is 2.29. The van der Waals surface area contributed by atoms with Gasteiger partial charge in [0.25, 0.3) is 0 Å². The second-order valence-electron chi connectivity index (χ2n) is 8.88. The Labute approximate surface area is 184 Å². The van der Waals surface area contributed by atoms with Crippen molar-refractivity contribution >= 4 is 23.4 Å². The number of hydrogen-bond donors (Lipinski definition) is 3. The summed E-state index contributed by atoms with van der Waals surface area (Å²) in [5.74, 6) is -3.28. The van der Waals surface area contributed by atoms with Crippen molar-refractivity contribution in [3.63, 3.8) is 0 Å². The van der Waals surface area contributed by atoms with Crippen LogP contribution in [0.2, 0.25) is 0 Å².